The summed E-state index contributed by atoms with van der Waals surface area (Å²) < 4.78 is 1.61. The summed E-state index contributed by atoms with van der Waals surface area (Å²) in [6.07, 6.45) is 1.00. The molecule has 2 heterocycles. The van der Waals surface area contributed by atoms with Crippen LogP contribution in [0.25, 0.3) is 0 Å². The van der Waals surface area contributed by atoms with E-state index >= 15 is 0 Å². The van der Waals surface area contributed by atoms with Crippen LogP contribution in [-0.4, -0.2) is 22.2 Å². The zero-order chi connectivity index (χ0) is 14.1. The number of aromatic nitrogens is 2. The highest BCUT2D eigenvalue weighted by molar-refractivity contribution is 6.03. The Bertz CT molecular complexity index is 660. The fourth-order valence-electron chi connectivity index (χ4n) is 2.64. The zero-order valence-corrected chi connectivity index (χ0v) is 11.7. The lowest BCUT2D eigenvalue weighted by molar-refractivity contribution is 0.101. The average molecular weight is 270 g/mol. The third-order valence-corrected chi connectivity index (χ3v) is 3.63. The average Bonchev–Trinajstić information content (AvgIpc) is 2.78. The molecule has 0 unspecified atom stereocenters. The number of benzene rings is 1. The predicted octanol–water partition coefficient (Wildman–Crippen LogP) is 1.63. The Hall–Kier alpha value is -2.14. The van der Waals surface area contributed by atoms with Crippen LogP contribution in [0, 0.1) is 6.92 Å². The number of amides is 1. The molecule has 0 aliphatic carbocycles. The standard InChI is InChI=1S/C15H18N4O/c1-10-8-14(19(2)18-10)15(20)17-13-5-3-4-11-6-7-16-9-12(11)13/h3-5,8,16H,6-7,9H2,1-2H3,(H,17,20). The Labute approximate surface area is 118 Å². The molecule has 0 radical (unpaired) electrons. The molecular formula is C15H18N4O. The molecule has 104 valence electrons. The summed E-state index contributed by atoms with van der Waals surface area (Å²) in [5.41, 5.74) is 4.80. The second kappa shape index (κ2) is 5.09. The number of aryl methyl sites for hydroxylation is 2. The number of hydrogen-bond donors (Lipinski definition) is 2. The largest absolute Gasteiger partial charge is 0.320 e. The topological polar surface area (TPSA) is 59.0 Å². The van der Waals surface area contributed by atoms with E-state index in [1.807, 2.05) is 19.1 Å². The molecule has 1 aliphatic rings. The third-order valence-electron chi connectivity index (χ3n) is 3.63. The van der Waals surface area contributed by atoms with Gasteiger partial charge in [-0.2, -0.15) is 5.10 Å². The summed E-state index contributed by atoms with van der Waals surface area (Å²) >= 11 is 0. The minimum Gasteiger partial charge on any atom is -0.320 e. The monoisotopic (exact) mass is 270 g/mol. The van der Waals surface area contributed by atoms with Crippen molar-refractivity contribution in [3.63, 3.8) is 0 Å². The Balaban J connectivity index is 1.88. The summed E-state index contributed by atoms with van der Waals surface area (Å²) in [5, 5.41) is 10.5. The molecular weight excluding hydrogens is 252 g/mol. The van der Waals surface area contributed by atoms with Crippen molar-refractivity contribution in [2.75, 3.05) is 11.9 Å². The minimum atomic E-state index is -0.118. The van der Waals surface area contributed by atoms with E-state index in [-0.39, 0.29) is 5.91 Å². The van der Waals surface area contributed by atoms with Crippen molar-refractivity contribution in [3.8, 4) is 0 Å². The van der Waals surface area contributed by atoms with E-state index in [9.17, 15) is 4.79 Å². The van der Waals surface area contributed by atoms with Crippen molar-refractivity contribution in [2.45, 2.75) is 19.9 Å². The first-order chi connectivity index (χ1) is 9.65. The van der Waals surface area contributed by atoms with Crippen LogP contribution in [0.2, 0.25) is 0 Å². The Kier molecular flexibility index (Phi) is 3.28. The molecule has 0 spiro atoms. The molecule has 0 saturated heterocycles. The summed E-state index contributed by atoms with van der Waals surface area (Å²) in [5.74, 6) is -0.118. The highest BCUT2D eigenvalue weighted by Crippen LogP contribution is 2.23. The first kappa shape index (κ1) is 12.9. The van der Waals surface area contributed by atoms with Crippen LogP contribution >= 0.6 is 0 Å². The van der Waals surface area contributed by atoms with E-state index in [1.165, 1.54) is 11.1 Å². The second-order valence-corrected chi connectivity index (χ2v) is 5.12. The lowest BCUT2D eigenvalue weighted by atomic mass is 9.99. The van der Waals surface area contributed by atoms with Gasteiger partial charge in [0.2, 0.25) is 0 Å². The van der Waals surface area contributed by atoms with Gasteiger partial charge in [0.15, 0.2) is 0 Å². The molecule has 20 heavy (non-hydrogen) atoms. The van der Waals surface area contributed by atoms with Crippen LogP contribution in [0.5, 0.6) is 0 Å². The lowest BCUT2D eigenvalue weighted by Gasteiger charge is -2.20. The number of carbonyl (C=O) groups excluding carboxylic acids is 1. The van der Waals surface area contributed by atoms with Crippen LogP contribution < -0.4 is 10.6 Å². The van der Waals surface area contributed by atoms with Gasteiger partial charge in [-0.25, -0.2) is 0 Å². The summed E-state index contributed by atoms with van der Waals surface area (Å²) in [6.45, 7) is 3.67. The van der Waals surface area contributed by atoms with Gasteiger partial charge in [-0.3, -0.25) is 9.48 Å². The maximum Gasteiger partial charge on any atom is 0.273 e. The van der Waals surface area contributed by atoms with Gasteiger partial charge in [-0.05, 0) is 43.1 Å². The van der Waals surface area contributed by atoms with Gasteiger partial charge < -0.3 is 10.6 Å². The number of nitrogens with zero attached hydrogens (tertiary/aromatic N) is 2. The van der Waals surface area contributed by atoms with Gasteiger partial charge in [-0.15, -0.1) is 0 Å². The Morgan fingerprint density at radius 1 is 1.45 bits per heavy atom. The number of rotatable bonds is 2. The fraction of sp³-hybridized carbons (Fsp3) is 0.333. The molecule has 5 heteroatoms. The van der Waals surface area contributed by atoms with Crippen molar-refractivity contribution < 1.29 is 4.79 Å². The van der Waals surface area contributed by atoms with E-state index in [2.05, 4.69) is 21.8 Å². The SMILES string of the molecule is Cc1cc(C(=O)Nc2cccc3c2CNCC3)n(C)n1. The molecule has 0 atom stereocenters. The van der Waals surface area contributed by atoms with Crippen LogP contribution in [0.15, 0.2) is 24.3 Å². The van der Waals surface area contributed by atoms with Gasteiger partial charge in [-0.1, -0.05) is 12.1 Å². The molecule has 0 bridgehead atoms. The predicted molar refractivity (Wildman–Crippen MR) is 77.8 cm³/mol. The maximum atomic E-state index is 12.3. The van der Waals surface area contributed by atoms with E-state index < -0.39 is 0 Å². The highest BCUT2D eigenvalue weighted by atomic mass is 16.2. The van der Waals surface area contributed by atoms with Crippen LogP contribution in [0.1, 0.15) is 27.3 Å². The molecule has 5 nitrogen and oxygen atoms in total. The molecule has 3 rings (SSSR count). The third kappa shape index (κ3) is 2.32. The van der Waals surface area contributed by atoms with E-state index in [1.54, 1.807) is 17.8 Å². The van der Waals surface area contributed by atoms with Gasteiger partial charge in [0.25, 0.3) is 5.91 Å². The molecule has 1 aromatic heterocycles. The summed E-state index contributed by atoms with van der Waals surface area (Å²) in [4.78, 5) is 12.3. The van der Waals surface area contributed by atoms with Gasteiger partial charge in [0.1, 0.15) is 5.69 Å². The van der Waals surface area contributed by atoms with Crippen molar-refractivity contribution in [2.24, 2.45) is 7.05 Å². The number of nitrogens with one attached hydrogen (secondary N) is 2. The van der Waals surface area contributed by atoms with Crippen LogP contribution in [-0.2, 0) is 20.0 Å². The van der Waals surface area contributed by atoms with Gasteiger partial charge in [0.05, 0.1) is 5.69 Å². The number of hydrogen-bond acceptors (Lipinski definition) is 3. The Morgan fingerprint density at radius 2 is 2.30 bits per heavy atom. The molecule has 0 fully saturated rings. The van der Waals surface area contributed by atoms with Gasteiger partial charge in [0, 0.05) is 19.3 Å². The van der Waals surface area contributed by atoms with Crippen LogP contribution in [0.3, 0.4) is 0 Å². The molecule has 0 saturated carbocycles. The van der Waals surface area contributed by atoms with E-state index in [0.717, 1.165) is 30.9 Å². The molecule has 2 N–H and O–H groups in total. The van der Waals surface area contributed by atoms with E-state index in [0.29, 0.717) is 5.69 Å². The molecule has 2 aromatic rings. The Morgan fingerprint density at radius 3 is 3.05 bits per heavy atom. The van der Waals surface area contributed by atoms with Crippen molar-refractivity contribution in [3.05, 3.63) is 46.8 Å². The summed E-state index contributed by atoms with van der Waals surface area (Å²) in [6, 6.07) is 7.87. The molecule has 1 aliphatic heterocycles. The smallest absolute Gasteiger partial charge is 0.273 e. The number of anilines is 1. The van der Waals surface area contributed by atoms with Crippen LogP contribution in [0.4, 0.5) is 5.69 Å². The first-order valence-corrected chi connectivity index (χ1v) is 6.78. The van der Waals surface area contributed by atoms with E-state index in [4.69, 9.17) is 0 Å². The van der Waals surface area contributed by atoms with Crippen molar-refractivity contribution >= 4 is 11.6 Å². The van der Waals surface area contributed by atoms with Crippen molar-refractivity contribution in [1.82, 2.24) is 15.1 Å². The quantitative estimate of drug-likeness (QED) is 0.872. The number of fused-ring (bicyclic) bond motifs is 1. The lowest BCUT2D eigenvalue weighted by Crippen LogP contribution is -2.26. The fourth-order valence-corrected chi connectivity index (χ4v) is 2.64. The first-order valence-electron chi connectivity index (χ1n) is 6.78. The molecule has 1 amide bonds. The second-order valence-electron chi connectivity index (χ2n) is 5.12. The van der Waals surface area contributed by atoms with Gasteiger partial charge >= 0.3 is 0 Å². The minimum absolute atomic E-state index is 0.118. The van der Waals surface area contributed by atoms with Crippen molar-refractivity contribution in [1.29, 1.82) is 0 Å². The molecule has 1 aromatic carbocycles. The zero-order valence-electron chi connectivity index (χ0n) is 11.7. The highest BCUT2D eigenvalue weighted by Gasteiger charge is 2.16. The maximum absolute atomic E-state index is 12.3. The summed E-state index contributed by atoms with van der Waals surface area (Å²) in [7, 11) is 1.78. The normalized spacial score (nSPS) is 13.9. The number of carbonyl (C=O) groups is 1.